The molecule has 0 unspecified atom stereocenters. The Bertz CT molecular complexity index is 581. The van der Waals surface area contributed by atoms with Crippen molar-refractivity contribution in [3.8, 4) is 5.88 Å². The summed E-state index contributed by atoms with van der Waals surface area (Å²) in [6.07, 6.45) is 4.36. The summed E-state index contributed by atoms with van der Waals surface area (Å²) in [5.41, 5.74) is 0. The van der Waals surface area contributed by atoms with E-state index in [0.29, 0.717) is 6.10 Å². The van der Waals surface area contributed by atoms with Crippen LogP contribution in [0.15, 0.2) is 34.9 Å². The Balaban J connectivity index is 1.77. The molecule has 0 spiro atoms. The van der Waals surface area contributed by atoms with Crippen molar-refractivity contribution in [3.05, 3.63) is 34.9 Å². The summed E-state index contributed by atoms with van der Waals surface area (Å²) < 4.78 is 7.12. The van der Waals surface area contributed by atoms with E-state index in [4.69, 9.17) is 4.74 Å². The summed E-state index contributed by atoms with van der Waals surface area (Å²) in [4.78, 5) is 4.38. The first-order chi connectivity index (χ1) is 9.28. The minimum atomic E-state index is 0.315. The zero-order valence-electron chi connectivity index (χ0n) is 10.9. The third kappa shape index (κ3) is 2.60. The maximum absolute atomic E-state index is 6.04. The normalized spacial score (nSPS) is 22.2. The first-order valence-corrected chi connectivity index (χ1v) is 7.41. The van der Waals surface area contributed by atoms with Crippen molar-refractivity contribution in [1.82, 2.24) is 10.3 Å². The van der Waals surface area contributed by atoms with Crippen molar-refractivity contribution >= 4 is 26.7 Å². The highest BCUT2D eigenvalue weighted by atomic mass is 79.9. The van der Waals surface area contributed by atoms with Crippen LogP contribution < -0.4 is 10.1 Å². The molecule has 0 radical (unpaired) electrons. The Morgan fingerprint density at radius 1 is 1.32 bits per heavy atom. The quantitative estimate of drug-likeness (QED) is 0.937. The molecule has 2 aromatic rings. The molecule has 0 atom stereocenters. The molecule has 0 aliphatic heterocycles. The summed E-state index contributed by atoms with van der Waals surface area (Å²) in [6.45, 7) is 1.08. The molecule has 0 amide bonds. The van der Waals surface area contributed by atoms with E-state index in [1.807, 2.05) is 31.4 Å². The third-order valence-electron chi connectivity index (χ3n) is 3.68. The van der Waals surface area contributed by atoms with Gasteiger partial charge in [0.15, 0.2) is 0 Å². The molecule has 0 bridgehead atoms. The highest BCUT2D eigenvalue weighted by Crippen LogP contribution is 2.34. The maximum atomic E-state index is 6.04. The number of nitrogens with zero attached hydrogens (tertiary/aromatic N) is 1. The van der Waals surface area contributed by atoms with Crippen LogP contribution in [0, 0.1) is 5.92 Å². The largest absolute Gasteiger partial charge is 0.474 e. The van der Waals surface area contributed by atoms with Crippen LogP contribution in [0.1, 0.15) is 12.8 Å². The molecule has 4 heteroatoms. The summed E-state index contributed by atoms with van der Waals surface area (Å²) in [5.74, 6) is 1.50. The molecular weight excluding hydrogens is 304 g/mol. The SMILES string of the molecule is CNCC1CC(Oc2nccc3c(Br)cccc23)C1. The standard InChI is InChI=1S/C15H17BrN2O/c1-17-9-10-7-11(8-10)19-15-13-3-2-4-14(16)12(13)5-6-18-15/h2-6,10-11,17H,7-9H2,1H3. The van der Waals surface area contributed by atoms with Crippen LogP contribution in [0.5, 0.6) is 5.88 Å². The van der Waals surface area contributed by atoms with Gasteiger partial charge in [-0.1, -0.05) is 22.0 Å². The van der Waals surface area contributed by atoms with E-state index in [9.17, 15) is 0 Å². The summed E-state index contributed by atoms with van der Waals surface area (Å²) in [5, 5.41) is 5.44. The average molecular weight is 321 g/mol. The Morgan fingerprint density at radius 3 is 2.95 bits per heavy atom. The van der Waals surface area contributed by atoms with Gasteiger partial charge in [-0.3, -0.25) is 0 Å². The molecule has 0 saturated heterocycles. The molecule has 1 aromatic heterocycles. The number of pyridine rings is 1. The zero-order valence-corrected chi connectivity index (χ0v) is 12.5. The topological polar surface area (TPSA) is 34.1 Å². The van der Waals surface area contributed by atoms with E-state index >= 15 is 0 Å². The number of nitrogens with one attached hydrogen (secondary N) is 1. The molecule has 1 aliphatic carbocycles. The van der Waals surface area contributed by atoms with Crippen LogP contribution in [0.2, 0.25) is 0 Å². The van der Waals surface area contributed by atoms with Gasteiger partial charge in [0.05, 0.1) is 0 Å². The lowest BCUT2D eigenvalue weighted by Crippen LogP contribution is -2.38. The Labute approximate surface area is 121 Å². The van der Waals surface area contributed by atoms with E-state index in [1.54, 1.807) is 0 Å². The van der Waals surface area contributed by atoms with Gasteiger partial charge in [-0.2, -0.15) is 0 Å². The van der Waals surface area contributed by atoms with Gasteiger partial charge in [-0.25, -0.2) is 4.98 Å². The van der Waals surface area contributed by atoms with Crippen molar-refractivity contribution in [2.45, 2.75) is 18.9 Å². The number of ether oxygens (including phenoxy) is 1. The van der Waals surface area contributed by atoms with Crippen LogP contribution in [0.25, 0.3) is 10.8 Å². The number of aromatic nitrogens is 1. The summed E-state index contributed by atoms with van der Waals surface area (Å²) >= 11 is 3.57. The highest BCUT2D eigenvalue weighted by Gasteiger charge is 2.30. The van der Waals surface area contributed by atoms with Crippen LogP contribution in [0.4, 0.5) is 0 Å². The van der Waals surface area contributed by atoms with E-state index in [1.165, 1.54) is 0 Å². The van der Waals surface area contributed by atoms with Crippen molar-refractivity contribution in [3.63, 3.8) is 0 Å². The lowest BCUT2D eigenvalue weighted by Gasteiger charge is -2.35. The average Bonchev–Trinajstić information content (AvgIpc) is 2.37. The molecule has 1 aliphatic rings. The molecule has 1 heterocycles. The minimum Gasteiger partial charge on any atom is -0.474 e. The summed E-state index contributed by atoms with van der Waals surface area (Å²) in [7, 11) is 2.00. The lowest BCUT2D eigenvalue weighted by atomic mass is 9.82. The molecule has 1 N–H and O–H groups in total. The van der Waals surface area contributed by atoms with Gasteiger partial charge in [0, 0.05) is 21.4 Å². The fourth-order valence-electron chi connectivity index (χ4n) is 2.62. The molecule has 1 saturated carbocycles. The second-order valence-corrected chi connectivity index (χ2v) is 5.94. The first kappa shape index (κ1) is 12.9. The first-order valence-electron chi connectivity index (χ1n) is 6.62. The van der Waals surface area contributed by atoms with E-state index in [2.05, 4.69) is 32.3 Å². The highest BCUT2D eigenvalue weighted by molar-refractivity contribution is 9.10. The maximum Gasteiger partial charge on any atom is 0.221 e. The Hall–Kier alpha value is -1.13. The third-order valence-corrected chi connectivity index (χ3v) is 4.37. The van der Waals surface area contributed by atoms with Crippen LogP contribution in [-0.4, -0.2) is 24.7 Å². The monoisotopic (exact) mass is 320 g/mol. The van der Waals surface area contributed by atoms with Gasteiger partial charge >= 0.3 is 0 Å². The molecule has 3 nitrogen and oxygen atoms in total. The van der Waals surface area contributed by atoms with Gasteiger partial charge < -0.3 is 10.1 Å². The number of hydrogen-bond donors (Lipinski definition) is 1. The van der Waals surface area contributed by atoms with Crippen molar-refractivity contribution in [2.24, 2.45) is 5.92 Å². The smallest absolute Gasteiger partial charge is 0.221 e. The van der Waals surface area contributed by atoms with Crippen LogP contribution in [0.3, 0.4) is 0 Å². The molecule has 3 rings (SSSR count). The number of hydrogen-bond acceptors (Lipinski definition) is 3. The van der Waals surface area contributed by atoms with Gasteiger partial charge in [0.1, 0.15) is 6.10 Å². The van der Waals surface area contributed by atoms with Crippen LogP contribution >= 0.6 is 15.9 Å². The minimum absolute atomic E-state index is 0.315. The number of fused-ring (bicyclic) bond motifs is 1. The predicted molar refractivity (Wildman–Crippen MR) is 80.5 cm³/mol. The number of rotatable bonds is 4. The zero-order chi connectivity index (χ0) is 13.2. The molecule has 19 heavy (non-hydrogen) atoms. The van der Waals surface area contributed by atoms with Crippen LogP contribution in [-0.2, 0) is 0 Å². The van der Waals surface area contributed by atoms with Gasteiger partial charge in [-0.05, 0) is 50.6 Å². The molecule has 100 valence electrons. The van der Waals surface area contributed by atoms with E-state index < -0.39 is 0 Å². The van der Waals surface area contributed by atoms with Crippen molar-refractivity contribution in [2.75, 3.05) is 13.6 Å². The number of halogens is 1. The van der Waals surface area contributed by atoms with E-state index in [-0.39, 0.29) is 0 Å². The predicted octanol–water partition coefficient (Wildman–Crippen LogP) is 3.37. The Morgan fingerprint density at radius 2 is 2.16 bits per heavy atom. The second-order valence-electron chi connectivity index (χ2n) is 5.09. The molecule has 1 aromatic carbocycles. The van der Waals surface area contributed by atoms with Gasteiger partial charge in [0.25, 0.3) is 0 Å². The van der Waals surface area contributed by atoms with Gasteiger partial charge in [-0.15, -0.1) is 0 Å². The lowest BCUT2D eigenvalue weighted by molar-refractivity contribution is 0.0632. The van der Waals surface area contributed by atoms with E-state index in [0.717, 1.165) is 46.4 Å². The van der Waals surface area contributed by atoms with Crippen molar-refractivity contribution in [1.29, 1.82) is 0 Å². The second kappa shape index (κ2) is 5.47. The Kier molecular flexibility index (Phi) is 3.71. The fourth-order valence-corrected chi connectivity index (χ4v) is 3.12. The molecular formula is C15H17BrN2O. The fraction of sp³-hybridized carbons (Fsp3) is 0.400. The number of benzene rings is 1. The summed E-state index contributed by atoms with van der Waals surface area (Å²) in [6, 6.07) is 8.13. The molecule has 1 fully saturated rings. The van der Waals surface area contributed by atoms with Gasteiger partial charge in [0.2, 0.25) is 5.88 Å². The van der Waals surface area contributed by atoms with Crippen molar-refractivity contribution < 1.29 is 4.74 Å².